The first-order chi connectivity index (χ1) is 25.8. The van der Waals surface area contributed by atoms with Gasteiger partial charge in [0.25, 0.3) is 0 Å². The molecule has 3 heteroatoms. The van der Waals surface area contributed by atoms with Crippen molar-refractivity contribution in [2.24, 2.45) is 0 Å². The van der Waals surface area contributed by atoms with Crippen LogP contribution in [-0.4, -0.2) is 4.57 Å². The van der Waals surface area contributed by atoms with E-state index in [2.05, 4.69) is 193 Å². The minimum atomic E-state index is -0.678. The standard InChI is InChI=1S/C49H31NO2/c1-3-15-32(16-4-1)36-21-14-25-42-48(36)52-45-28-12-9-24-40(45)49(42)39-23-8-11-27-44(39)51-46-31-33(29-30-41(46)49)35-20-13-22-38-37-19-7-10-26-43(37)50(47(35)38)34-17-5-2-6-18-34/h1-31H. The lowest BCUT2D eigenvalue weighted by molar-refractivity contribution is 0.400. The van der Waals surface area contributed by atoms with Gasteiger partial charge in [0, 0.05) is 49.8 Å². The maximum Gasteiger partial charge on any atom is 0.140 e. The van der Waals surface area contributed by atoms with Crippen LogP contribution in [0.3, 0.4) is 0 Å². The lowest BCUT2D eigenvalue weighted by Gasteiger charge is -2.45. The molecule has 1 spiro atoms. The van der Waals surface area contributed by atoms with Crippen molar-refractivity contribution in [3.05, 3.63) is 210 Å². The molecule has 244 valence electrons. The summed E-state index contributed by atoms with van der Waals surface area (Å²) in [6, 6.07) is 66.8. The second-order valence-electron chi connectivity index (χ2n) is 13.6. The van der Waals surface area contributed by atoms with E-state index >= 15 is 0 Å². The van der Waals surface area contributed by atoms with Crippen LogP contribution >= 0.6 is 0 Å². The highest BCUT2D eigenvalue weighted by Crippen LogP contribution is 2.62. The molecule has 3 heterocycles. The largest absolute Gasteiger partial charge is 0.457 e. The fourth-order valence-electron chi connectivity index (χ4n) is 8.80. The van der Waals surface area contributed by atoms with E-state index in [0.29, 0.717) is 0 Å². The highest BCUT2D eigenvalue weighted by Gasteiger charge is 2.51. The predicted octanol–water partition coefficient (Wildman–Crippen LogP) is 12.7. The Morgan fingerprint density at radius 2 is 0.981 bits per heavy atom. The molecule has 2 aliphatic rings. The molecule has 8 aromatic carbocycles. The van der Waals surface area contributed by atoms with Crippen LogP contribution < -0.4 is 9.47 Å². The monoisotopic (exact) mass is 665 g/mol. The number of benzene rings is 8. The predicted molar refractivity (Wildman–Crippen MR) is 210 cm³/mol. The molecule has 11 rings (SSSR count). The highest BCUT2D eigenvalue weighted by molar-refractivity contribution is 6.13. The smallest absolute Gasteiger partial charge is 0.140 e. The molecular formula is C49H31NO2. The summed E-state index contributed by atoms with van der Waals surface area (Å²) in [6.07, 6.45) is 0. The Hall–Kier alpha value is -6.84. The fraction of sp³-hybridized carbons (Fsp3) is 0.0204. The van der Waals surface area contributed by atoms with Crippen molar-refractivity contribution in [3.8, 4) is 50.9 Å². The molecule has 0 N–H and O–H groups in total. The van der Waals surface area contributed by atoms with Gasteiger partial charge in [-0.25, -0.2) is 0 Å². The normalized spacial score (nSPS) is 15.3. The van der Waals surface area contributed by atoms with E-state index in [1.54, 1.807) is 0 Å². The van der Waals surface area contributed by atoms with Gasteiger partial charge in [0.15, 0.2) is 0 Å². The SMILES string of the molecule is c1ccc(-c2cccc3c2Oc2ccccc2C32c3ccccc3Oc3cc(-c4cccc5c6ccccc6n(-c6ccccc6)c45)ccc32)cc1. The Labute approximate surface area is 301 Å². The van der Waals surface area contributed by atoms with Crippen LogP contribution in [0, 0.1) is 0 Å². The summed E-state index contributed by atoms with van der Waals surface area (Å²) in [5, 5.41) is 2.45. The van der Waals surface area contributed by atoms with Gasteiger partial charge < -0.3 is 14.0 Å². The Bertz CT molecular complexity index is 2840. The molecule has 0 bridgehead atoms. The van der Waals surface area contributed by atoms with Crippen molar-refractivity contribution in [3.63, 3.8) is 0 Å². The number of hydrogen-bond donors (Lipinski definition) is 0. The Kier molecular flexibility index (Phi) is 6.17. The van der Waals surface area contributed by atoms with E-state index < -0.39 is 5.41 Å². The lowest BCUT2D eigenvalue weighted by Crippen LogP contribution is -2.37. The van der Waals surface area contributed by atoms with Gasteiger partial charge in [-0.05, 0) is 47.5 Å². The van der Waals surface area contributed by atoms with Crippen LogP contribution in [0.15, 0.2) is 188 Å². The van der Waals surface area contributed by atoms with Gasteiger partial charge >= 0.3 is 0 Å². The van der Waals surface area contributed by atoms with Crippen LogP contribution in [0.5, 0.6) is 23.0 Å². The van der Waals surface area contributed by atoms with Crippen molar-refractivity contribution >= 4 is 21.8 Å². The molecule has 0 radical (unpaired) electrons. The van der Waals surface area contributed by atoms with E-state index in [1.165, 1.54) is 21.8 Å². The van der Waals surface area contributed by atoms with Crippen molar-refractivity contribution in [1.82, 2.24) is 4.57 Å². The highest BCUT2D eigenvalue weighted by atomic mass is 16.5. The minimum absolute atomic E-state index is 0.678. The zero-order chi connectivity index (χ0) is 34.2. The van der Waals surface area contributed by atoms with E-state index in [-0.39, 0.29) is 0 Å². The summed E-state index contributed by atoms with van der Waals surface area (Å²) in [7, 11) is 0. The topological polar surface area (TPSA) is 23.4 Å². The second kappa shape index (κ2) is 11.1. The third-order valence-corrected chi connectivity index (χ3v) is 10.9. The van der Waals surface area contributed by atoms with Crippen LogP contribution in [0.25, 0.3) is 49.7 Å². The summed E-state index contributed by atoms with van der Waals surface area (Å²) >= 11 is 0. The van der Waals surface area contributed by atoms with Gasteiger partial charge in [-0.15, -0.1) is 0 Å². The number of ether oxygens (including phenoxy) is 2. The van der Waals surface area contributed by atoms with Crippen LogP contribution in [0.4, 0.5) is 0 Å². The van der Waals surface area contributed by atoms with Crippen LogP contribution in [0.2, 0.25) is 0 Å². The maximum absolute atomic E-state index is 6.95. The van der Waals surface area contributed by atoms with Crippen molar-refractivity contribution < 1.29 is 9.47 Å². The number of hydrogen-bond acceptors (Lipinski definition) is 2. The Morgan fingerprint density at radius 3 is 1.79 bits per heavy atom. The first-order valence-electron chi connectivity index (χ1n) is 17.8. The molecule has 0 amide bonds. The van der Waals surface area contributed by atoms with Gasteiger partial charge in [0.2, 0.25) is 0 Å². The van der Waals surface area contributed by atoms with Crippen molar-refractivity contribution in [2.75, 3.05) is 0 Å². The van der Waals surface area contributed by atoms with Gasteiger partial charge in [-0.3, -0.25) is 0 Å². The van der Waals surface area contributed by atoms with E-state index in [1.807, 2.05) is 0 Å². The average Bonchev–Trinajstić information content (AvgIpc) is 3.56. The molecule has 1 atom stereocenters. The van der Waals surface area contributed by atoms with Crippen molar-refractivity contribution in [1.29, 1.82) is 0 Å². The molecule has 0 saturated carbocycles. The zero-order valence-electron chi connectivity index (χ0n) is 28.2. The molecule has 0 aliphatic carbocycles. The van der Waals surface area contributed by atoms with Gasteiger partial charge in [-0.2, -0.15) is 0 Å². The molecular weight excluding hydrogens is 635 g/mol. The quantitative estimate of drug-likeness (QED) is 0.187. The maximum atomic E-state index is 6.95. The Balaban J connectivity index is 1.21. The molecule has 52 heavy (non-hydrogen) atoms. The number of nitrogens with zero attached hydrogens (tertiary/aromatic N) is 1. The molecule has 9 aromatic rings. The third kappa shape index (κ3) is 3.96. The van der Waals surface area contributed by atoms with Gasteiger partial charge in [0.05, 0.1) is 16.4 Å². The summed E-state index contributed by atoms with van der Waals surface area (Å²) < 4.78 is 16.2. The van der Waals surface area contributed by atoms with E-state index in [0.717, 1.165) is 73.2 Å². The average molecular weight is 666 g/mol. The van der Waals surface area contributed by atoms with E-state index in [4.69, 9.17) is 9.47 Å². The van der Waals surface area contributed by atoms with Crippen LogP contribution in [-0.2, 0) is 5.41 Å². The van der Waals surface area contributed by atoms with Gasteiger partial charge in [-0.1, -0.05) is 152 Å². The van der Waals surface area contributed by atoms with Gasteiger partial charge in [0.1, 0.15) is 23.0 Å². The number of rotatable bonds is 3. The molecule has 1 unspecified atom stereocenters. The Morgan fingerprint density at radius 1 is 0.385 bits per heavy atom. The van der Waals surface area contributed by atoms with Crippen LogP contribution in [0.1, 0.15) is 22.3 Å². The molecule has 1 aromatic heterocycles. The molecule has 3 nitrogen and oxygen atoms in total. The summed E-state index contributed by atoms with van der Waals surface area (Å²) in [5.41, 5.74) is 11.6. The lowest BCUT2D eigenvalue weighted by atomic mass is 9.62. The zero-order valence-corrected chi connectivity index (χ0v) is 28.2. The summed E-state index contributed by atoms with van der Waals surface area (Å²) in [6.45, 7) is 0. The minimum Gasteiger partial charge on any atom is -0.457 e. The number of aromatic nitrogens is 1. The fourth-order valence-corrected chi connectivity index (χ4v) is 8.80. The summed E-state index contributed by atoms with van der Waals surface area (Å²) in [4.78, 5) is 0. The van der Waals surface area contributed by atoms with E-state index in [9.17, 15) is 0 Å². The third-order valence-electron chi connectivity index (χ3n) is 10.9. The molecule has 0 saturated heterocycles. The second-order valence-corrected chi connectivity index (χ2v) is 13.6. The molecule has 2 aliphatic heterocycles. The summed E-state index contributed by atoms with van der Waals surface area (Å²) in [5.74, 6) is 3.40. The molecule has 0 fully saturated rings. The van der Waals surface area contributed by atoms with Crippen molar-refractivity contribution in [2.45, 2.75) is 5.41 Å². The number of fused-ring (bicyclic) bond motifs is 11. The first kappa shape index (κ1) is 28.9. The first-order valence-corrected chi connectivity index (χ1v) is 17.8. The number of para-hydroxylation sites is 6.